The number of aromatic nitrogens is 1. The van der Waals surface area contributed by atoms with Gasteiger partial charge in [-0.1, -0.05) is 30.3 Å². The molecule has 0 atom stereocenters. The molecule has 2 N–H and O–H groups in total. The molecule has 0 saturated heterocycles. The molecule has 5 heteroatoms. The van der Waals surface area contributed by atoms with Gasteiger partial charge in [0.2, 0.25) is 0 Å². The zero-order valence-corrected chi connectivity index (χ0v) is 17.6. The lowest BCUT2D eigenvalue weighted by Gasteiger charge is -2.54. The van der Waals surface area contributed by atoms with E-state index in [1.807, 2.05) is 31.3 Å². The Hall–Kier alpha value is -2.40. The summed E-state index contributed by atoms with van der Waals surface area (Å²) in [6, 6.07) is 14.1. The van der Waals surface area contributed by atoms with Crippen molar-refractivity contribution in [2.45, 2.75) is 51.2 Å². The average molecular weight is 406 g/mol. The van der Waals surface area contributed by atoms with Crippen LogP contribution in [0.25, 0.3) is 0 Å². The topological polar surface area (TPSA) is 65.2 Å². The molecule has 4 aliphatic carbocycles. The summed E-state index contributed by atoms with van der Waals surface area (Å²) in [6.07, 6.45) is 6.40. The van der Waals surface area contributed by atoms with Crippen molar-refractivity contribution in [2.75, 3.05) is 7.05 Å². The highest BCUT2D eigenvalue weighted by molar-refractivity contribution is 5.94. The molecule has 1 amide bonds. The van der Waals surface area contributed by atoms with Crippen LogP contribution in [0.2, 0.25) is 0 Å². The molecule has 2 aromatic rings. The van der Waals surface area contributed by atoms with E-state index < -0.39 is 0 Å². The summed E-state index contributed by atoms with van der Waals surface area (Å²) in [5.74, 6) is 2.75. The first-order chi connectivity index (χ1) is 14.5. The maximum absolute atomic E-state index is 12.9. The number of benzene rings is 1. The van der Waals surface area contributed by atoms with Crippen LogP contribution in [0.15, 0.2) is 47.3 Å². The second-order valence-corrected chi connectivity index (χ2v) is 9.81. The molecule has 1 heterocycles. The Kier molecular flexibility index (Phi) is 5.23. The molecule has 1 aromatic heterocycles. The Bertz CT molecular complexity index is 940. The summed E-state index contributed by atoms with van der Waals surface area (Å²) in [4.78, 5) is 30.6. The van der Waals surface area contributed by atoms with Crippen LogP contribution in [-0.2, 0) is 13.1 Å². The van der Waals surface area contributed by atoms with E-state index in [1.54, 1.807) is 6.07 Å². The molecule has 1 aromatic carbocycles. The third kappa shape index (κ3) is 3.95. The third-order valence-corrected chi connectivity index (χ3v) is 7.47. The number of nitrogens with one attached hydrogen (secondary N) is 2. The van der Waals surface area contributed by atoms with Gasteiger partial charge in [0.05, 0.1) is 0 Å². The third-order valence-electron chi connectivity index (χ3n) is 7.47. The van der Waals surface area contributed by atoms with Gasteiger partial charge in [-0.2, -0.15) is 0 Å². The van der Waals surface area contributed by atoms with Gasteiger partial charge in [0, 0.05) is 24.8 Å². The van der Waals surface area contributed by atoms with E-state index >= 15 is 0 Å². The second kappa shape index (κ2) is 8.03. The summed E-state index contributed by atoms with van der Waals surface area (Å²) < 4.78 is 0. The molecule has 0 aliphatic heterocycles. The number of nitrogens with zero attached hydrogens (tertiary/aromatic N) is 1. The second-order valence-electron chi connectivity index (χ2n) is 9.81. The van der Waals surface area contributed by atoms with Gasteiger partial charge >= 0.3 is 0 Å². The molecule has 30 heavy (non-hydrogen) atoms. The maximum atomic E-state index is 12.9. The van der Waals surface area contributed by atoms with E-state index in [4.69, 9.17) is 0 Å². The van der Waals surface area contributed by atoms with Crippen molar-refractivity contribution in [3.63, 3.8) is 0 Å². The highest BCUT2D eigenvalue weighted by Crippen LogP contribution is 2.53. The van der Waals surface area contributed by atoms with Gasteiger partial charge in [0.15, 0.2) is 0 Å². The van der Waals surface area contributed by atoms with E-state index in [2.05, 4.69) is 27.3 Å². The summed E-state index contributed by atoms with van der Waals surface area (Å²) in [5, 5.41) is 3.24. The standard InChI is InChI=1S/C25H31N3O2/c1-28(14-16-5-3-2-4-6-16)15-21-7-8-22(24(29)26-21)25(30)27-23-19-10-17-9-18(12-19)13-20(23)11-17/h2-8,17-20,23H,9-15H2,1H3,(H,26,29)(H,27,30). The van der Waals surface area contributed by atoms with E-state index in [0.29, 0.717) is 18.4 Å². The summed E-state index contributed by atoms with van der Waals surface area (Å²) >= 11 is 0. The number of pyridine rings is 1. The van der Waals surface area contributed by atoms with Crippen LogP contribution in [0.3, 0.4) is 0 Å². The maximum Gasteiger partial charge on any atom is 0.261 e. The van der Waals surface area contributed by atoms with E-state index in [-0.39, 0.29) is 23.1 Å². The van der Waals surface area contributed by atoms with Crippen molar-refractivity contribution >= 4 is 5.91 Å². The first-order valence-electron chi connectivity index (χ1n) is 11.3. The quantitative estimate of drug-likeness (QED) is 0.772. The Labute approximate surface area is 177 Å². The van der Waals surface area contributed by atoms with Crippen molar-refractivity contribution in [1.82, 2.24) is 15.2 Å². The number of amides is 1. The predicted octanol–water partition coefficient (Wildman–Crippen LogP) is 3.56. The molecule has 5 nitrogen and oxygen atoms in total. The summed E-state index contributed by atoms with van der Waals surface area (Å²) in [6.45, 7) is 1.43. The fourth-order valence-electron chi connectivity index (χ4n) is 6.42. The average Bonchev–Trinajstić information content (AvgIpc) is 2.71. The van der Waals surface area contributed by atoms with Crippen molar-refractivity contribution in [3.05, 3.63) is 69.6 Å². The molecule has 4 saturated carbocycles. The molecule has 4 aliphatic rings. The lowest BCUT2D eigenvalue weighted by atomic mass is 9.54. The molecule has 158 valence electrons. The Morgan fingerprint density at radius 2 is 1.63 bits per heavy atom. The van der Waals surface area contributed by atoms with Crippen LogP contribution in [-0.4, -0.2) is 28.9 Å². The van der Waals surface area contributed by atoms with Crippen LogP contribution >= 0.6 is 0 Å². The lowest BCUT2D eigenvalue weighted by molar-refractivity contribution is -0.0119. The fourth-order valence-corrected chi connectivity index (χ4v) is 6.42. The highest BCUT2D eigenvalue weighted by Gasteiger charge is 2.48. The molecule has 0 radical (unpaired) electrons. The normalized spacial score (nSPS) is 29.3. The zero-order valence-electron chi connectivity index (χ0n) is 17.6. The largest absolute Gasteiger partial charge is 0.349 e. The van der Waals surface area contributed by atoms with Crippen LogP contribution in [0.1, 0.15) is 53.7 Å². The molecular weight excluding hydrogens is 374 g/mol. The van der Waals surface area contributed by atoms with Crippen LogP contribution in [0, 0.1) is 23.7 Å². The number of hydrogen-bond acceptors (Lipinski definition) is 3. The van der Waals surface area contributed by atoms with Gasteiger partial charge in [0.25, 0.3) is 11.5 Å². The fraction of sp³-hybridized carbons (Fsp3) is 0.520. The molecular formula is C25H31N3O2. The predicted molar refractivity (Wildman–Crippen MR) is 117 cm³/mol. The minimum Gasteiger partial charge on any atom is -0.349 e. The Morgan fingerprint density at radius 3 is 2.27 bits per heavy atom. The molecule has 0 spiro atoms. The van der Waals surface area contributed by atoms with E-state index in [1.165, 1.54) is 37.7 Å². The first-order valence-corrected chi connectivity index (χ1v) is 11.3. The molecule has 6 rings (SSSR count). The van der Waals surface area contributed by atoms with E-state index in [0.717, 1.165) is 24.1 Å². The summed E-state index contributed by atoms with van der Waals surface area (Å²) in [5.41, 5.74) is 2.00. The van der Waals surface area contributed by atoms with Crippen molar-refractivity contribution in [1.29, 1.82) is 0 Å². The first kappa shape index (κ1) is 19.6. The van der Waals surface area contributed by atoms with Gasteiger partial charge in [-0.05, 0) is 80.5 Å². The number of carbonyl (C=O) groups is 1. The minimum absolute atomic E-state index is 0.210. The highest BCUT2D eigenvalue weighted by atomic mass is 16.2. The number of aromatic amines is 1. The smallest absolute Gasteiger partial charge is 0.261 e. The minimum atomic E-state index is -0.290. The van der Waals surface area contributed by atoms with Crippen LogP contribution in [0.5, 0.6) is 0 Å². The Balaban J connectivity index is 1.22. The van der Waals surface area contributed by atoms with Gasteiger partial charge in [-0.3, -0.25) is 14.5 Å². The van der Waals surface area contributed by atoms with Crippen molar-refractivity contribution in [2.24, 2.45) is 23.7 Å². The molecule has 4 fully saturated rings. The van der Waals surface area contributed by atoms with Crippen LogP contribution < -0.4 is 10.9 Å². The van der Waals surface area contributed by atoms with Gasteiger partial charge < -0.3 is 10.3 Å². The number of rotatable bonds is 6. The lowest BCUT2D eigenvalue weighted by Crippen LogP contribution is -2.56. The van der Waals surface area contributed by atoms with Crippen LogP contribution in [0.4, 0.5) is 0 Å². The number of carbonyl (C=O) groups excluding carboxylic acids is 1. The van der Waals surface area contributed by atoms with Crippen molar-refractivity contribution in [3.8, 4) is 0 Å². The van der Waals surface area contributed by atoms with Gasteiger partial charge in [-0.25, -0.2) is 0 Å². The van der Waals surface area contributed by atoms with Crippen molar-refractivity contribution < 1.29 is 4.79 Å². The molecule has 0 unspecified atom stereocenters. The summed E-state index contributed by atoms with van der Waals surface area (Å²) in [7, 11) is 2.03. The number of H-pyrrole nitrogens is 1. The SMILES string of the molecule is CN(Cc1ccccc1)Cc1ccc(C(=O)NC2C3CC4CC(C3)CC2C4)c(=O)[nH]1. The van der Waals surface area contributed by atoms with E-state index in [9.17, 15) is 9.59 Å². The van der Waals surface area contributed by atoms with Gasteiger partial charge in [-0.15, -0.1) is 0 Å². The van der Waals surface area contributed by atoms with Gasteiger partial charge in [0.1, 0.15) is 5.56 Å². The number of hydrogen-bond donors (Lipinski definition) is 2. The zero-order chi connectivity index (χ0) is 20.7. The monoisotopic (exact) mass is 405 g/mol. The Morgan fingerprint density at radius 1 is 0.967 bits per heavy atom. The molecule has 4 bridgehead atoms.